The van der Waals surface area contributed by atoms with Crippen LogP contribution in [0.3, 0.4) is 0 Å². The zero-order chi connectivity index (χ0) is 6.57. The van der Waals surface area contributed by atoms with Gasteiger partial charge < -0.3 is 15.4 Å². The molecule has 0 spiro atoms. The topological polar surface area (TPSA) is 47.9 Å². The first-order valence-electron chi connectivity index (χ1n) is 2.29. The monoisotopic (exact) mass is 117 g/mol. The Hall–Kier alpha value is -0.930. The van der Waals surface area contributed by atoms with Crippen molar-refractivity contribution in [1.82, 2.24) is 10.2 Å². The van der Waals surface area contributed by atoms with Crippen LogP contribution in [0.1, 0.15) is 0 Å². The van der Waals surface area contributed by atoms with Crippen LogP contribution in [0.15, 0.2) is 5.16 Å². The molecule has 0 fully saturated rings. The van der Waals surface area contributed by atoms with Crippen LogP contribution in [0.25, 0.3) is 0 Å². The molecule has 48 valence electrons. The quantitative estimate of drug-likeness (QED) is 0.195. The highest BCUT2D eigenvalue weighted by Gasteiger charge is 1.93. The van der Waals surface area contributed by atoms with Crippen LogP contribution in [0.4, 0.5) is 0 Å². The standard InChI is InChI=1S/C4H11N3O/c1-5-4(6-8)7(2)3/h8H,1-3H3,(H,5,6). The molecule has 4 heteroatoms. The lowest BCUT2D eigenvalue weighted by atomic mass is 10.8. The number of hydrogen-bond donors (Lipinski definition) is 2. The first-order valence-corrected chi connectivity index (χ1v) is 2.29. The van der Waals surface area contributed by atoms with Gasteiger partial charge >= 0.3 is 0 Å². The smallest absolute Gasteiger partial charge is 0.235 e. The molecule has 0 aliphatic rings. The van der Waals surface area contributed by atoms with Gasteiger partial charge in [-0.1, -0.05) is 5.16 Å². The highest BCUT2D eigenvalue weighted by Crippen LogP contribution is 1.73. The summed E-state index contributed by atoms with van der Waals surface area (Å²) in [5.74, 6) is 0.449. The van der Waals surface area contributed by atoms with Crippen LogP contribution in [-0.4, -0.2) is 37.2 Å². The molecule has 0 bridgehead atoms. The van der Waals surface area contributed by atoms with Gasteiger partial charge in [-0.3, -0.25) is 0 Å². The lowest BCUT2D eigenvalue weighted by Crippen LogP contribution is -2.33. The molecule has 0 aromatic carbocycles. The van der Waals surface area contributed by atoms with Crippen molar-refractivity contribution in [3.05, 3.63) is 0 Å². The third-order valence-electron chi connectivity index (χ3n) is 0.742. The fraction of sp³-hybridized carbons (Fsp3) is 0.750. The zero-order valence-corrected chi connectivity index (χ0v) is 5.34. The Kier molecular flexibility index (Phi) is 2.76. The molecule has 2 N–H and O–H groups in total. The molecule has 0 aromatic rings. The lowest BCUT2D eigenvalue weighted by molar-refractivity contribution is 0.306. The van der Waals surface area contributed by atoms with Crippen molar-refractivity contribution >= 4 is 5.96 Å². The number of nitrogens with one attached hydrogen (secondary N) is 1. The minimum absolute atomic E-state index is 0.449. The van der Waals surface area contributed by atoms with E-state index in [0.717, 1.165) is 0 Å². The van der Waals surface area contributed by atoms with E-state index in [0.29, 0.717) is 5.96 Å². The molecule has 0 radical (unpaired) electrons. The van der Waals surface area contributed by atoms with Gasteiger partial charge in [-0.15, -0.1) is 0 Å². The van der Waals surface area contributed by atoms with Gasteiger partial charge in [0.15, 0.2) is 0 Å². The Morgan fingerprint density at radius 1 is 1.62 bits per heavy atom. The molecular weight excluding hydrogens is 106 g/mol. The lowest BCUT2D eigenvalue weighted by Gasteiger charge is -2.11. The predicted octanol–water partition coefficient (Wildman–Crippen LogP) is -0.487. The second-order valence-corrected chi connectivity index (χ2v) is 1.57. The summed E-state index contributed by atoms with van der Waals surface area (Å²) in [5.41, 5.74) is 0. The van der Waals surface area contributed by atoms with Crippen LogP contribution < -0.4 is 5.32 Å². The van der Waals surface area contributed by atoms with E-state index < -0.39 is 0 Å². The third-order valence-corrected chi connectivity index (χ3v) is 0.742. The first-order chi connectivity index (χ1) is 3.72. The molecule has 4 nitrogen and oxygen atoms in total. The molecule has 0 atom stereocenters. The van der Waals surface area contributed by atoms with Gasteiger partial charge in [0.2, 0.25) is 5.96 Å². The fourth-order valence-corrected chi connectivity index (χ4v) is 0.363. The second kappa shape index (κ2) is 3.12. The molecule has 8 heavy (non-hydrogen) atoms. The van der Waals surface area contributed by atoms with Crippen molar-refractivity contribution in [2.45, 2.75) is 0 Å². The Morgan fingerprint density at radius 3 is 2.12 bits per heavy atom. The third kappa shape index (κ3) is 1.68. The summed E-state index contributed by atoms with van der Waals surface area (Å²) in [4.78, 5) is 1.67. The number of guanidine groups is 1. The summed E-state index contributed by atoms with van der Waals surface area (Å²) in [5, 5.41) is 13.8. The predicted molar refractivity (Wildman–Crippen MR) is 32.0 cm³/mol. The molecule has 0 aliphatic carbocycles. The largest absolute Gasteiger partial charge is 0.408 e. The SMILES string of the molecule is CN/C(=N\O)N(C)C. The Labute approximate surface area is 48.8 Å². The zero-order valence-electron chi connectivity index (χ0n) is 5.34. The van der Waals surface area contributed by atoms with Gasteiger partial charge in [-0.2, -0.15) is 0 Å². The van der Waals surface area contributed by atoms with Gasteiger partial charge in [0, 0.05) is 21.1 Å². The number of rotatable bonds is 0. The minimum Gasteiger partial charge on any atom is -0.408 e. The molecule has 0 aliphatic heterocycles. The van der Waals surface area contributed by atoms with Gasteiger partial charge in [-0.25, -0.2) is 0 Å². The molecule has 0 amide bonds. The molecular formula is C4H11N3O. The van der Waals surface area contributed by atoms with Crippen LogP contribution in [0.5, 0.6) is 0 Å². The molecule has 0 rings (SSSR count). The van der Waals surface area contributed by atoms with Gasteiger partial charge in [0.1, 0.15) is 0 Å². The summed E-state index contributed by atoms with van der Waals surface area (Å²) in [7, 11) is 5.26. The summed E-state index contributed by atoms with van der Waals surface area (Å²) in [6.07, 6.45) is 0. The summed E-state index contributed by atoms with van der Waals surface area (Å²) in [6.45, 7) is 0. The number of oxime groups is 1. The molecule has 0 unspecified atom stereocenters. The van der Waals surface area contributed by atoms with Gasteiger partial charge in [0.05, 0.1) is 0 Å². The van der Waals surface area contributed by atoms with E-state index >= 15 is 0 Å². The maximum atomic E-state index is 8.18. The Bertz CT molecular complexity index is 89.3. The van der Waals surface area contributed by atoms with Crippen LogP contribution in [-0.2, 0) is 0 Å². The minimum atomic E-state index is 0.449. The highest BCUT2D eigenvalue weighted by atomic mass is 16.4. The Morgan fingerprint density at radius 2 is 2.12 bits per heavy atom. The van der Waals surface area contributed by atoms with Crippen molar-refractivity contribution in [2.24, 2.45) is 5.16 Å². The average molecular weight is 117 g/mol. The van der Waals surface area contributed by atoms with E-state index in [1.54, 1.807) is 26.0 Å². The molecule has 0 saturated carbocycles. The van der Waals surface area contributed by atoms with Crippen molar-refractivity contribution in [3.8, 4) is 0 Å². The number of hydrogen-bond acceptors (Lipinski definition) is 2. The van der Waals surface area contributed by atoms with E-state index in [1.165, 1.54) is 0 Å². The second-order valence-electron chi connectivity index (χ2n) is 1.57. The van der Waals surface area contributed by atoms with Crippen molar-refractivity contribution in [2.75, 3.05) is 21.1 Å². The highest BCUT2D eigenvalue weighted by molar-refractivity contribution is 5.78. The van der Waals surface area contributed by atoms with E-state index in [2.05, 4.69) is 10.5 Å². The average Bonchev–Trinajstić information content (AvgIpc) is 1.69. The van der Waals surface area contributed by atoms with Crippen molar-refractivity contribution < 1.29 is 5.21 Å². The van der Waals surface area contributed by atoms with Crippen molar-refractivity contribution in [1.29, 1.82) is 0 Å². The van der Waals surface area contributed by atoms with E-state index in [-0.39, 0.29) is 0 Å². The fourth-order valence-electron chi connectivity index (χ4n) is 0.363. The van der Waals surface area contributed by atoms with Crippen molar-refractivity contribution in [3.63, 3.8) is 0 Å². The van der Waals surface area contributed by atoms with Gasteiger partial charge in [-0.05, 0) is 0 Å². The van der Waals surface area contributed by atoms with E-state index in [4.69, 9.17) is 5.21 Å². The van der Waals surface area contributed by atoms with Crippen LogP contribution in [0.2, 0.25) is 0 Å². The molecule has 0 heterocycles. The van der Waals surface area contributed by atoms with Crippen LogP contribution >= 0.6 is 0 Å². The van der Waals surface area contributed by atoms with E-state index in [9.17, 15) is 0 Å². The molecule has 0 saturated heterocycles. The van der Waals surface area contributed by atoms with E-state index in [1.807, 2.05) is 0 Å². The first kappa shape index (κ1) is 7.07. The normalized spacial score (nSPS) is 11.1. The summed E-state index contributed by atoms with van der Waals surface area (Å²) < 4.78 is 0. The number of nitrogens with zero attached hydrogens (tertiary/aromatic N) is 2. The maximum absolute atomic E-state index is 8.18. The Balaban J connectivity index is 3.72. The summed E-state index contributed by atoms with van der Waals surface area (Å²) >= 11 is 0. The maximum Gasteiger partial charge on any atom is 0.235 e. The van der Waals surface area contributed by atoms with Gasteiger partial charge in [0.25, 0.3) is 0 Å². The molecule has 0 aromatic heterocycles. The summed E-state index contributed by atoms with van der Waals surface area (Å²) in [6, 6.07) is 0. The van der Waals surface area contributed by atoms with Crippen LogP contribution in [0, 0.1) is 0 Å².